The Morgan fingerprint density at radius 3 is 2.28 bits per heavy atom. The minimum Gasteiger partial charge on any atom is -0.335 e. The van der Waals surface area contributed by atoms with E-state index in [-0.39, 0.29) is 16.8 Å². The quantitative estimate of drug-likeness (QED) is 0.551. The fourth-order valence-electron chi connectivity index (χ4n) is 4.19. The molecule has 4 rings (SSSR count). The molecular weight excluding hydrogens is 420 g/mol. The predicted molar refractivity (Wildman–Crippen MR) is 127 cm³/mol. The normalized spacial score (nSPS) is 16.2. The maximum atomic E-state index is 13.2. The smallest absolute Gasteiger partial charge is 0.264 e. The lowest BCUT2D eigenvalue weighted by atomic mass is 10.0. The lowest BCUT2D eigenvalue weighted by Gasteiger charge is -2.25. The van der Waals surface area contributed by atoms with Crippen molar-refractivity contribution in [2.24, 2.45) is 0 Å². The molecule has 0 saturated carbocycles. The molecule has 1 heterocycles. The highest BCUT2D eigenvalue weighted by Crippen LogP contribution is 2.26. The van der Waals surface area contributed by atoms with E-state index < -0.39 is 10.0 Å². The van der Waals surface area contributed by atoms with Gasteiger partial charge in [0.1, 0.15) is 0 Å². The van der Waals surface area contributed by atoms with Gasteiger partial charge in [-0.1, -0.05) is 48.0 Å². The van der Waals surface area contributed by atoms with Crippen molar-refractivity contribution in [3.05, 3.63) is 95.6 Å². The van der Waals surface area contributed by atoms with Gasteiger partial charge in [0.2, 0.25) is 0 Å². The zero-order valence-corrected chi connectivity index (χ0v) is 19.3. The van der Waals surface area contributed by atoms with E-state index in [2.05, 4.69) is 12.1 Å². The molecule has 1 atom stereocenters. The van der Waals surface area contributed by atoms with Crippen LogP contribution in [0.4, 0.5) is 5.69 Å². The number of rotatable bonds is 6. The van der Waals surface area contributed by atoms with Crippen LogP contribution in [0.2, 0.25) is 0 Å². The van der Waals surface area contributed by atoms with Crippen molar-refractivity contribution in [3.8, 4) is 0 Å². The van der Waals surface area contributed by atoms with Crippen molar-refractivity contribution >= 4 is 21.6 Å². The number of anilines is 1. The van der Waals surface area contributed by atoms with Gasteiger partial charge in [0.15, 0.2) is 0 Å². The molecule has 6 heteroatoms. The number of hydrogen-bond acceptors (Lipinski definition) is 3. The lowest BCUT2D eigenvalue weighted by molar-refractivity contribution is 0.0736. The second-order valence-electron chi connectivity index (χ2n) is 8.32. The summed E-state index contributed by atoms with van der Waals surface area (Å²) in [6.45, 7) is 2.67. The molecule has 0 aromatic heterocycles. The van der Waals surface area contributed by atoms with E-state index in [4.69, 9.17) is 0 Å². The SMILES string of the molecule is Cc1ccc(S(=O)(=O)N(C)c2ccc(C(=O)N3CCCC3Cc3ccccc3)cc2)cc1. The molecule has 1 aliphatic rings. The van der Waals surface area contributed by atoms with E-state index in [0.29, 0.717) is 11.3 Å². The van der Waals surface area contributed by atoms with Gasteiger partial charge in [-0.3, -0.25) is 9.10 Å². The van der Waals surface area contributed by atoms with Crippen LogP contribution in [0.15, 0.2) is 83.8 Å². The summed E-state index contributed by atoms with van der Waals surface area (Å²) >= 11 is 0. The molecule has 3 aromatic rings. The first kappa shape index (κ1) is 22.1. The Bertz CT molecular complexity index is 1170. The van der Waals surface area contributed by atoms with Gasteiger partial charge in [-0.05, 0) is 68.1 Å². The van der Waals surface area contributed by atoms with E-state index in [1.165, 1.54) is 16.9 Å². The molecule has 166 valence electrons. The Kier molecular flexibility index (Phi) is 6.33. The summed E-state index contributed by atoms with van der Waals surface area (Å²) in [7, 11) is -2.13. The van der Waals surface area contributed by atoms with E-state index in [1.807, 2.05) is 30.0 Å². The fraction of sp³-hybridized carbons (Fsp3) is 0.269. The molecule has 32 heavy (non-hydrogen) atoms. The molecule has 0 bridgehead atoms. The van der Waals surface area contributed by atoms with Crippen LogP contribution in [0.3, 0.4) is 0 Å². The van der Waals surface area contributed by atoms with Crippen LogP contribution in [-0.2, 0) is 16.4 Å². The van der Waals surface area contributed by atoms with Gasteiger partial charge in [-0.15, -0.1) is 0 Å². The molecule has 1 saturated heterocycles. The minimum absolute atomic E-state index is 0.000902. The van der Waals surface area contributed by atoms with Crippen LogP contribution in [0.25, 0.3) is 0 Å². The molecule has 0 spiro atoms. The average Bonchev–Trinajstić information content (AvgIpc) is 3.27. The first-order valence-electron chi connectivity index (χ1n) is 10.9. The van der Waals surface area contributed by atoms with Crippen LogP contribution in [0, 0.1) is 6.92 Å². The standard InChI is InChI=1S/C26H28N2O3S/c1-20-10-16-25(17-11-20)32(30,31)27(2)23-14-12-22(13-15-23)26(29)28-18-6-9-24(28)19-21-7-4-3-5-8-21/h3-5,7-8,10-17,24H,6,9,18-19H2,1-2H3. The molecule has 3 aromatic carbocycles. The van der Waals surface area contributed by atoms with Gasteiger partial charge in [0, 0.05) is 25.2 Å². The first-order valence-corrected chi connectivity index (χ1v) is 12.3. The van der Waals surface area contributed by atoms with Crippen LogP contribution in [-0.4, -0.2) is 38.9 Å². The molecule has 1 fully saturated rings. The summed E-state index contributed by atoms with van der Waals surface area (Å²) < 4.78 is 27.1. The highest BCUT2D eigenvalue weighted by molar-refractivity contribution is 7.92. The summed E-state index contributed by atoms with van der Waals surface area (Å²) in [5, 5.41) is 0. The van der Waals surface area contributed by atoms with Crippen molar-refractivity contribution in [2.75, 3.05) is 17.9 Å². The number of likely N-dealkylation sites (tertiary alicyclic amines) is 1. The Morgan fingerprint density at radius 2 is 1.62 bits per heavy atom. The molecule has 0 aliphatic carbocycles. The number of benzene rings is 3. The van der Waals surface area contributed by atoms with E-state index in [9.17, 15) is 13.2 Å². The van der Waals surface area contributed by atoms with Crippen LogP contribution >= 0.6 is 0 Å². The van der Waals surface area contributed by atoms with Gasteiger partial charge in [-0.2, -0.15) is 0 Å². The summed E-state index contributed by atoms with van der Waals surface area (Å²) in [6, 6.07) is 24.0. The highest BCUT2D eigenvalue weighted by atomic mass is 32.2. The molecule has 5 nitrogen and oxygen atoms in total. The van der Waals surface area contributed by atoms with Gasteiger partial charge < -0.3 is 4.90 Å². The fourth-order valence-corrected chi connectivity index (χ4v) is 5.38. The molecule has 0 N–H and O–H groups in total. The van der Waals surface area contributed by atoms with Crippen molar-refractivity contribution in [1.82, 2.24) is 4.90 Å². The molecular formula is C26H28N2O3S. The van der Waals surface area contributed by atoms with E-state index >= 15 is 0 Å². The van der Waals surface area contributed by atoms with Gasteiger partial charge in [0.05, 0.1) is 10.6 Å². The number of sulfonamides is 1. The Hall–Kier alpha value is -3.12. The van der Waals surface area contributed by atoms with Gasteiger partial charge in [0.25, 0.3) is 15.9 Å². The van der Waals surface area contributed by atoms with Crippen LogP contribution < -0.4 is 4.31 Å². The van der Waals surface area contributed by atoms with Crippen LogP contribution in [0.5, 0.6) is 0 Å². The number of carbonyl (C=O) groups excluding carboxylic acids is 1. The third kappa shape index (κ3) is 4.55. The Balaban J connectivity index is 1.49. The Labute approximate surface area is 190 Å². The number of nitrogens with zero attached hydrogens (tertiary/aromatic N) is 2. The maximum Gasteiger partial charge on any atom is 0.264 e. The molecule has 0 radical (unpaired) electrons. The summed E-state index contributed by atoms with van der Waals surface area (Å²) in [4.78, 5) is 15.4. The third-order valence-electron chi connectivity index (χ3n) is 6.11. The van der Waals surface area contributed by atoms with Gasteiger partial charge in [-0.25, -0.2) is 8.42 Å². The second kappa shape index (κ2) is 9.17. The minimum atomic E-state index is -3.66. The van der Waals surface area contributed by atoms with Crippen molar-refractivity contribution in [2.45, 2.75) is 37.1 Å². The van der Waals surface area contributed by atoms with Crippen molar-refractivity contribution in [3.63, 3.8) is 0 Å². The van der Waals surface area contributed by atoms with Crippen molar-refractivity contribution < 1.29 is 13.2 Å². The van der Waals surface area contributed by atoms with Crippen molar-refractivity contribution in [1.29, 1.82) is 0 Å². The summed E-state index contributed by atoms with van der Waals surface area (Å²) in [5.74, 6) is -0.000902. The largest absolute Gasteiger partial charge is 0.335 e. The number of carbonyl (C=O) groups is 1. The van der Waals surface area contributed by atoms with Gasteiger partial charge >= 0.3 is 0 Å². The van der Waals surface area contributed by atoms with Crippen LogP contribution in [0.1, 0.15) is 34.3 Å². The zero-order chi connectivity index (χ0) is 22.7. The zero-order valence-electron chi connectivity index (χ0n) is 18.4. The maximum absolute atomic E-state index is 13.2. The molecule has 1 amide bonds. The lowest BCUT2D eigenvalue weighted by Crippen LogP contribution is -2.36. The van der Waals surface area contributed by atoms with E-state index in [1.54, 1.807) is 48.5 Å². The van der Waals surface area contributed by atoms with E-state index in [0.717, 1.165) is 31.4 Å². The monoisotopic (exact) mass is 448 g/mol. The number of amides is 1. The topological polar surface area (TPSA) is 57.7 Å². The highest BCUT2D eigenvalue weighted by Gasteiger charge is 2.29. The third-order valence-corrected chi connectivity index (χ3v) is 7.91. The number of aryl methyl sites for hydroxylation is 1. The molecule has 1 unspecified atom stereocenters. The average molecular weight is 449 g/mol. The predicted octanol–water partition coefficient (Wildman–Crippen LogP) is 4.67. The first-order chi connectivity index (χ1) is 15.4. The second-order valence-corrected chi connectivity index (χ2v) is 10.3. The summed E-state index contributed by atoms with van der Waals surface area (Å²) in [5.41, 5.74) is 3.33. The molecule has 1 aliphatic heterocycles. The Morgan fingerprint density at radius 1 is 0.969 bits per heavy atom. The summed E-state index contributed by atoms with van der Waals surface area (Å²) in [6.07, 6.45) is 2.84. The number of hydrogen-bond donors (Lipinski definition) is 0.